The van der Waals surface area contributed by atoms with Gasteiger partial charge in [0.25, 0.3) is 5.91 Å². The molecule has 2 aromatic carbocycles. The van der Waals surface area contributed by atoms with Gasteiger partial charge in [0.1, 0.15) is 0 Å². The molecule has 1 N–H and O–H groups in total. The zero-order valence-corrected chi connectivity index (χ0v) is 13.9. The van der Waals surface area contributed by atoms with Crippen molar-refractivity contribution in [2.45, 2.75) is 20.0 Å². The van der Waals surface area contributed by atoms with E-state index in [9.17, 15) is 9.59 Å². The van der Waals surface area contributed by atoms with E-state index in [0.29, 0.717) is 11.3 Å². The molecule has 2 aromatic rings. The van der Waals surface area contributed by atoms with Crippen LogP contribution in [0.3, 0.4) is 0 Å². The molecule has 114 valence electrons. The summed E-state index contributed by atoms with van der Waals surface area (Å²) in [5.74, 6) is -0.903. The van der Waals surface area contributed by atoms with Crippen molar-refractivity contribution in [2.75, 3.05) is 5.32 Å². The average Bonchev–Trinajstić information content (AvgIpc) is 2.49. The van der Waals surface area contributed by atoms with Crippen molar-refractivity contribution in [3.63, 3.8) is 0 Å². The lowest BCUT2D eigenvalue weighted by Gasteiger charge is -2.13. The smallest absolute Gasteiger partial charge is 0.338 e. The van der Waals surface area contributed by atoms with Gasteiger partial charge in [0.2, 0.25) is 0 Å². The van der Waals surface area contributed by atoms with E-state index in [1.807, 2.05) is 25.1 Å². The molecule has 0 aliphatic carbocycles. The van der Waals surface area contributed by atoms with Crippen molar-refractivity contribution in [3.8, 4) is 0 Å². The molecule has 0 spiro atoms. The highest BCUT2D eigenvalue weighted by Crippen LogP contribution is 2.14. The van der Waals surface area contributed by atoms with Crippen LogP contribution in [0.2, 0.25) is 0 Å². The van der Waals surface area contributed by atoms with Gasteiger partial charge in [-0.05, 0) is 44.2 Å². The number of carbonyl (C=O) groups is 2. The van der Waals surface area contributed by atoms with E-state index in [-0.39, 0.29) is 5.91 Å². The Morgan fingerprint density at radius 2 is 1.82 bits per heavy atom. The number of esters is 1. The Bertz CT molecular complexity index is 683. The number of ether oxygens (including phenoxy) is 1. The molecule has 0 bridgehead atoms. The maximum Gasteiger partial charge on any atom is 0.338 e. The lowest BCUT2D eigenvalue weighted by atomic mass is 10.2. The fraction of sp³-hybridized carbons (Fsp3) is 0.176. The molecule has 1 amide bonds. The molecule has 0 radical (unpaired) electrons. The Kier molecular flexibility index (Phi) is 5.33. The minimum absolute atomic E-state index is 0.368. The minimum atomic E-state index is -0.882. The highest BCUT2D eigenvalue weighted by Gasteiger charge is 2.19. The Balaban J connectivity index is 1.96. The maximum atomic E-state index is 12.0. The summed E-state index contributed by atoms with van der Waals surface area (Å²) in [5.41, 5.74) is 2.16. The molecule has 0 aliphatic heterocycles. The predicted molar refractivity (Wildman–Crippen MR) is 88.8 cm³/mol. The van der Waals surface area contributed by atoms with Gasteiger partial charge in [-0.1, -0.05) is 39.7 Å². The molecule has 0 fully saturated rings. The number of nitrogens with one attached hydrogen (secondary N) is 1. The molecule has 0 unspecified atom stereocenters. The number of amides is 1. The fourth-order valence-electron chi connectivity index (χ4n) is 1.78. The fourth-order valence-corrected chi connectivity index (χ4v) is 2.18. The zero-order valence-electron chi connectivity index (χ0n) is 12.3. The second kappa shape index (κ2) is 7.22. The number of benzene rings is 2. The van der Waals surface area contributed by atoms with Crippen LogP contribution in [0.4, 0.5) is 5.69 Å². The van der Waals surface area contributed by atoms with E-state index in [2.05, 4.69) is 21.2 Å². The summed E-state index contributed by atoms with van der Waals surface area (Å²) in [5, 5.41) is 2.71. The summed E-state index contributed by atoms with van der Waals surface area (Å²) in [4.78, 5) is 24.0. The van der Waals surface area contributed by atoms with Gasteiger partial charge in [0, 0.05) is 10.2 Å². The molecular formula is C17H16BrNO3. The number of carbonyl (C=O) groups excluding carboxylic acids is 2. The van der Waals surface area contributed by atoms with Crippen LogP contribution in [-0.2, 0) is 9.53 Å². The maximum absolute atomic E-state index is 12.0. The second-order valence-corrected chi connectivity index (χ2v) is 5.83. The van der Waals surface area contributed by atoms with Crippen LogP contribution in [0.1, 0.15) is 22.8 Å². The molecule has 0 aliphatic rings. The van der Waals surface area contributed by atoms with Gasteiger partial charge >= 0.3 is 5.97 Å². The predicted octanol–water partition coefficient (Wildman–Crippen LogP) is 3.94. The zero-order chi connectivity index (χ0) is 16.1. The van der Waals surface area contributed by atoms with Crippen LogP contribution < -0.4 is 5.32 Å². The highest BCUT2D eigenvalue weighted by atomic mass is 79.9. The lowest BCUT2D eigenvalue weighted by molar-refractivity contribution is -0.123. The van der Waals surface area contributed by atoms with Crippen LogP contribution in [0.15, 0.2) is 53.0 Å². The molecule has 2 rings (SSSR count). The van der Waals surface area contributed by atoms with Crippen molar-refractivity contribution < 1.29 is 14.3 Å². The highest BCUT2D eigenvalue weighted by molar-refractivity contribution is 9.10. The van der Waals surface area contributed by atoms with E-state index < -0.39 is 12.1 Å². The molecule has 1 atom stereocenters. The molecule has 22 heavy (non-hydrogen) atoms. The minimum Gasteiger partial charge on any atom is -0.449 e. The Labute approximate surface area is 137 Å². The summed E-state index contributed by atoms with van der Waals surface area (Å²) >= 11 is 3.29. The Morgan fingerprint density at radius 1 is 1.14 bits per heavy atom. The first-order valence-electron chi connectivity index (χ1n) is 6.80. The number of hydrogen-bond donors (Lipinski definition) is 1. The third-order valence-corrected chi connectivity index (χ3v) is 3.53. The molecule has 5 heteroatoms. The first-order chi connectivity index (χ1) is 10.5. The monoisotopic (exact) mass is 361 g/mol. The van der Waals surface area contributed by atoms with Crippen molar-refractivity contribution >= 4 is 33.5 Å². The van der Waals surface area contributed by atoms with E-state index in [1.54, 1.807) is 37.3 Å². The number of anilines is 1. The normalized spacial score (nSPS) is 11.6. The summed E-state index contributed by atoms with van der Waals surface area (Å²) in [6.07, 6.45) is -0.882. The van der Waals surface area contributed by atoms with Gasteiger partial charge in [-0.25, -0.2) is 4.79 Å². The van der Waals surface area contributed by atoms with Crippen LogP contribution in [0.25, 0.3) is 0 Å². The van der Waals surface area contributed by atoms with Crippen molar-refractivity contribution in [3.05, 3.63) is 64.1 Å². The summed E-state index contributed by atoms with van der Waals surface area (Å²) < 4.78 is 5.95. The molecule has 4 nitrogen and oxygen atoms in total. The largest absolute Gasteiger partial charge is 0.449 e. The number of aryl methyl sites for hydroxylation is 1. The van der Waals surface area contributed by atoms with Crippen LogP contribution >= 0.6 is 15.9 Å². The standard InChI is InChI=1S/C17H16BrNO3/c1-11-6-8-15(9-7-11)19-16(20)12(2)22-17(21)13-4-3-5-14(18)10-13/h3-10,12H,1-2H3,(H,19,20)/t12-/m0/s1. The molecular weight excluding hydrogens is 346 g/mol. The average molecular weight is 362 g/mol. The van der Waals surface area contributed by atoms with Crippen molar-refractivity contribution in [1.82, 2.24) is 0 Å². The van der Waals surface area contributed by atoms with Gasteiger partial charge in [-0.3, -0.25) is 4.79 Å². The van der Waals surface area contributed by atoms with E-state index in [0.717, 1.165) is 10.0 Å². The van der Waals surface area contributed by atoms with Crippen LogP contribution in [0, 0.1) is 6.92 Å². The summed E-state index contributed by atoms with van der Waals surface area (Å²) in [6, 6.07) is 14.2. The molecule has 0 saturated carbocycles. The Morgan fingerprint density at radius 3 is 2.45 bits per heavy atom. The molecule has 0 saturated heterocycles. The van der Waals surface area contributed by atoms with Crippen LogP contribution in [-0.4, -0.2) is 18.0 Å². The number of hydrogen-bond acceptors (Lipinski definition) is 3. The van der Waals surface area contributed by atoms with E-state index in [1.165, 1.54) is 0 Å². The van der Waals surface area contributed by atoms with E-state index >= 15 is 0 Å². The quantitative estimate of drug-likeness (QED) is 0.839. The SMILES string of the molecule is Cc1ccc(NC(=O)[C@H](C)OC(=O)c2cccc(Br)c2)cc1. The van der Waals surface area contributed by atoms with Gasteiger partial charge in [0.05, 0.1) is 5.56 Å². The Hall–Kier alpha value is -2.14. The van der Waals surface area contributed by atoms with Crippen molar-refractivity contribution in [1.29, 1.82) is 0 Å². The summed E-state index contributed by atoms with van der Waals surface area (Å²) in [7, 11) is 0. The van der Waals surface area contributed by atoms with Gasteiger partial charge in [-0.2, -0.15) is 0 Å². The first kappa shape index (κ1) is 16.2. The van der Waals surface area contributed by atoms with Gasteiger partial charge < -0.3 is 10.1 Å². The molecule has 0 aromatic heterocycles. The third kappa shape index (κ3) is 4.43. The summed E-state index contributed by atoms with van der Waals surface area (Å²) in [6.45, 7) is 3.51. The van der Waals surface area contributed by atoms with Crippen LogP contribution in [0.5, 0.6) is 0 Å². The third-order valence-electron chi connectivity index (χ3n) is 3.03. The van der Waals surface area contributed by atoms with Gasteiger partial charge in [-0.15, -0.1) is 0 Å². The topological polar surface area (TPSA) is 55.4 Å². The molecule has 0 heterocycles. The first-order valence-corrected chi connectivity index (χ1v) is 7.59. The number of rotatable bonds is 4. The number of halogens is 1. The van der Waals surface area contributed by atoms with Gasteiger partial charge in [0.15, 0.2) is 6.10 Å². The van der Waals surface area contributed by atoms with Crippen molar-refractivity contribution in [2.24, 2.45) is 0 Å². The second-order valence-electron chi connectivity index (χ2n) is 4.91. The van der Waals surface area contributed by atoms with E-state index in [4.69, 9.17) is 4.74 Å². The lowest BCUT2D eigenvalue weighted by Crippen LogP contribution is -2.30.